The lowest BCUT2D eigenvalue weighted by Crippen LogP contribution is -2.38. The van der Waals surface area contributed by atoms with Crippen molar-refractivity contribution in [3.05, 3.63) is 78.0 Å². The van der Waals surface area contributed by atoms with Crippen LogP contribution in [0.15, 0.2) is 66.7 Å². The molecule has 36 heavy (non-hydrogen) atoms. The van der Waals surface area contributed by atoms with E-state index in [-0.39, 0.29) is 23.8 Å². The van der Waals surface area contributed by atoms with Gasteiger partial charge < -0.3 is 15.0 Å². The molecule has 190 valence electrons. The average molecular weight is 489 g/mol. The van der Waals surface area contributed by atoms with E-state index in [1.54, 1.807) is 22.8 Å². The van der Waals surface area contributed by atoms with E-state index in [0.29, 0.717) is 12.4 Å². The normalized spacial score (nSPS) is 11.5. The molecule has 1 aromatic heterocycles. The summed E-state index contributed by atoms with van der Waals surface area (Å²) in [4.78, 5) is 27.6. The van der Waals surface area contributed by atoms with E-state index in [4.69, 9.17) is 9.84 Å². The maximum absolute atomic E-state index is 13.1. The van der Waals surface area contributed by atoms with Crippen molar-refractivity contribution < 1.29 is 14.3 Å². The summed E-state index contributed by atoms with van der Waals surface area (Å²) in [5.74, 6) is 0.822. The fourth-order valence-electron chi connectivity index (χ4n) is 3.57. The van der Waals surface area contributed by atoms with Crippen molar-refractivity contribution in [2.45, 2.75) is 46.0 Å². The second-order valence-corrected chi connectivity index (χ2v) is 9.68. The largest absolute Gasteiger partial charge is 0.497 e. The fraction of sp³-hybridized carbons (Fsp3) is 0.345. The predicted octanol–water partition coefficient (Wildman–Crippen LogP) is 5.46. The van der Waals surface area contributed by atoms with Crippen LogP contribution in [0.3, 0.4) is 0 Å². The van der Waals surface area contributed by atoms with Crippen molar-refractivity contribution >= 4 is 23.7 Å². The molecule has 0 saturated heterocycles. The van der Waals surface area contributed by atoms with Gasteiger partial charge in [0, 0.05) is 24.1 Å². The highest BCUT2D eigenvalue weighted by molar-refractivity contribution is 5.97. The van der Waals surface area contributed by atoms with Gasteiger partial charge in [0.2, 0.25) is 11.8 Å². The minimum atomic E-state index is -0.275. The predicted molar refractivity (Wildman–Crippen MR) is 144 cm³/mol. The Morgan fingerprint density at radius 1 is 1.08 bits per heavy atom. The van der Waals surface area contributed by atoms with Gasteiger partial charge in [-0.2, -0.15) is 5.10 Å². The molecule has 7 nitrogen and oxygen atoms in total. The monoisotopic (exact) mass is 488 g/mol. The molecule has 0 radical (unpaired) electrons. The van der Waals surface area contributed by atoms with Crippen molar-refractivity contribution in [3.8, 4) is 11.4 Å². The highest BCUT2D eigenvalue weighted by Crippen LogP contribution is 2.27. The van der Waals surface area contributed by atoms with Crippen molar-refractivity contribution in [3.63, 3.8) is 0 Å². The Hall–Kier alpha value is -3.87. The third-order valence-corrected chi connectivity index (χ3v) is 5.71. The number of aromatic nitrogens is 2. The number of methoxy groups -OCH3 is 1. The van der Waals surface area contributed by atoms with Crippen LogP contribution in [-0.2, 0) is 15.0 Å². The Bertz CT molecular complexity index is 1180. The van der Waals surface area contributed by atoms with Crippen molar-refractivity contribution in [2.24, 2.45) is 0 Å². The Morgan fingerprint density at radius 2 is 1.78 bits per heavy atom. The lowest BCUT2D eigenvalue weighted by atomic mass is 9.92. The van der Waals surface area contributed by atoms with E-state index in [1.807, 2.05) is 60.7 Å². The van der Waals surface area contributed by atoms with Crippen molar-refractivity contribution in [2.75, 3.05) is 25.5 Å². The van der Waals surface area contributed by atoms with E-state index in [9.17, 15) is 9.59 Å². The highest BCUT2D eigenvalue weighted by Gasteiger charge is 2.22. The highest BCUT2D eigenvalue weighted by atomic mass is 16.5. The van der Waals surface area contributed by atoms with Crippen molar-refractivity contribution in [1.82, 2.24) is 14.7 Å². The number of hydrogen-bond acceptors (Lipinski definition) is 4. The van der Waals surface area contributed by atoms with Gasteiger partial charge in [-0.1, -0.05) is 64.4 Å². The Labute approximate surface area is 213 Å². The number of amides is 2. The van der Waals surface area contributed by atoms with E-state index >= 15 is 0 Å². The first kappa shape index (κ1) is 26.7. The molecule has 2 aromatic carbocycles. The summed E-state index contributed by atoms with van der Waals surface area (Å²) in [6.45, 7) is 8.74. The van der Waals surface area contributed by atoms with Gasteiger partial charge in [-0.25, -0.2) is 4.68 Å². The fourth-order valence-corrected chi connectivity index (χ4v) is 3.57. The van der Waals surface area contributed by atoms with Gasteiger partial charge in [-0.15, -0.1) is 0 Å². The van der Waals surface area contributed by atoms with Crippen LogP contribution >= 0.6 is 0 Å². The maximum atomic E-state index is 13.1. The number of benzene rings is 2. The van der Waals surface area contributed by atoms with Crippen molar-refractivity contribution in [1.29, 1.82) is 0 Å². The van der Waals surface area contributed by atoms with Crippen LogP contribution in [0, 0.1) is 0 Å². The average Bonchev–Trinajstić information content (AvgIpc) is 3.30. The first-order valence-electron chi connectivity index (χ1n) is 12.3. The molecule has 0 aliphatic carbocycles. The SMILES string of the molecule is CCCCN(CC(=O)Nc1cc(C(C)(C)C)nn1-c1ccc(OC)cc1)C(=O)/C=C/c1ccccc1. The molecule has 0 aliphatic heterocycles. The van der Waals surface area contributed by atoms with Crippen LogP contribution in [-0.4, -0.2) is 46.7 Å². The Morgan fingerprint density at radius 3 is 2.39 bits per heavy atom. The number of rotatable bonds is 10. The van der Waals surface area contributed by atoms with Crippen LogP contribution in [0.4, 0.5) is 5.82 Å². The lowest BCUT2D eigenvalue weighted by molar-refractivity contribution is -0.130. The van der Waals surface area contributed by atoms with E-state index in [0.717, 1.165) is 35.5 Å². The number of hydrogen-bond donors (Lipinski definition) is 1. The lowest BCUT2D eigenvalue weighted by Gasteiger charge is -2.20. The van der Waals surface area contributed by atoms with Crippen LogP contribution in [0.5, 0.6) is 5.75 Å². The number of anilines is 1. The summed E-state index contributed by atoms with van der Waals surface area (Å²) in [5.41, 5.74) is 2.37. The summed E-state index contributed by atoms with van der Waals surface area (Å²) < 4.78 is 6.98. The van der Waals surface area contributed by atoms with Gasteiger partial charge in [-0.3, -0.25) is 9.59 Å². The number of carbonyl (C=O) groups excluding carboxylic acids is 2. The van der Waals surface area contributed by atoms with Crippen LogP contribution in [0.25, 0.3) is 11.8 Å². The van der Waals surface area contributed by atoms with E-state index in [2.05, 4.69) is 33.0 Å². The molecule has 2 amide bonds. The summed E-state index contributed by atoms with van der Waals surface area (Å²) in [6.07, 6.45) is 5.04. The summed E-state index contributed by atoms with van der Waals surface area (Å²) in [6, 6.07) is 19.0. The Kier molecular flexibility index (Phi) is 9.06. The zero-order chi connectivity index (χ0) is 26.1. The molecule has 3 rings (SSSR count). The molecule has 0 unspecified atom stereocenters. The molecule has 0 fully saturated rings. The van der Waals surface area contributed by atoms with Crippen LogP contribution in [0.2, 0.25) is 0 Å². The van der Waals surface area contributed by atoms with Gasteiger partial charge in [0.05, 0.1) is 18.5 Å². The Balaban J connectivity index is 1.80. The van der Waals surface area contributed by atoms with Gasteiger partial charge in [0.25, 0.3) is 0 Å². The molecule has 1 heterocycles. The van der Waals surface area contributed by atoms with Crippen LogP contribution < -0.4 is 10.1 Å². The first-order chi connectivity index (χ1) is 17.2. The van der Waals surface area contributed by atoms with Gasteiger partial charge >= 0.3 is 0 Å². The molecule has 0 bridgehead atoms. The number of carbonyl (C=O) groups is 2. The van der Waals surface area contributed by atoms with Gasteiger partial charge in [0.15, 0.2) is 0 Å². The minimum Gasteiger partial charge on any atom is -0.497 e. The minimum absolute atomic E-state index is 0.0450. The van der Waals surface area contributed by atoms with Crippen LogP contribution in [0.1, 0.15) is 51.8 Å². The van der Waals surface area contributed by atoms with Gasteiger partial charge in [-0.05, 0) is 42.3 Å². The van der Waals surface area contributed by atoms with E-state index in [1.165, 1.54) is 6.08 Å². The molecule has 3 aromatic rings. The number of nitrogens with zero attached hydrogens (tertiary/aromatic N) is 3. The zero-order valence-corrected chi connectivity index (χ0v) is 21.8. The molecule has 0 saturated carbocycles. The molecular weight excluding hydrogens is 452 g/mol. The quantitative estimate of drug-likeness (QED) is 0.385. The summed E-state index contributed by atoms with van der Waals surface area (Å²) in [5, 5.41) is 7.73. The standard InChI is InChI=1S/C29H36N4O3/c1-6-7-19-32(28(35)18-13-22-11-9-8-10-12-22)21-27(34)30-26-20-25(29(2,3)4)31-33(26)23-14-16-24(36-5)17-15-23/h8-18,20H,6-7,19,21H2,1-5H3,(H,30,34)/b18-13+. The molecular formula is C29H36N4O3. The maximum Gasteiger partial charge on any atom is 0.247 e. The van der Waals surface area contributed by atoms with E-state index < -0.39 is 0 Å². The second kappa shape index (κ2) is 12.2. The molecule has 7 heteroatoms. The molecule has 1 N–H and O–H groups in total. The molecule has 0 atom stereocenters. The topological polar surface area (TPSA) is 76.5 Å². The number of nitrogens with one attached hydrogen (secondary N) is 1. The number of ether oxygens (including phenoxy) is 1. The van der Waals surface area contributed by atoms with Gasteiger partial charge in [0.1, 0.15) is 18.1 Å². The first-order valence-corrected chi connectivity index (χ1v) is 12.3. The summed E-state index contributed by atoms with van der Waals surface area (Å²) in [7, 11) is 1.62. The smallest absolute Gasteiger partial charge is 0.247 e. The third-order valence-electron chi connectivity index (χ3n) is 5.71. The molecule has 0 spiro atoms. The second-order valence-electron chi connectivity index (χ2n) is 9.68. The molecule has 0 aliphatic rings. The third kappa shape index (κ3) is 7.31. The zero-order valence-electron chi connectivity index (χ0n) is 21.8. The number of unbranched alkanes of at least 4 members (excludes halogenated alkanes) is 1. The summed E-state index contributed by atoms with van der Waals surface area (Å²) >= 11 is 0.